The molecule has 0 aromatic rings. The Kier molecular flexibility index (Phi) is 48.4. The number of nitrogens with one attached hydrogen (secondary N) is 1. The zero-order valence-corrected chi connectivity index (χ0v) is 46.0. The number of amides is 1. The summed E-state index contributed by atoms with van der Waals surface area (Å²) in [5.74, 6) is -0.184. The molecule has 9 heteroatoms. The van der Waals surface area contributed by atoms with Gasteiger partial charge in [-0.2, -0.15) is 0 Å². The van der Waals surface area contributed by atoms with Crippen molar-refractivity contribution < 1.29 is 32.9 Å². The Morgan fingerprint density at radius 1 is 0.515 bits per heavy atom. The number of aliphatic hydroxyl groups excluding tert-OH is 1. The van der Waals surface area contributed by atoms with E-state index in [1.54, 1.807) is 6.08 Å². The molecule has 0 aliphatic carbocycles. The number of carbonyl (C=O) groups excluding carboxylic acids is 1. The van der Waals surface area contributed by atoms with Crippen LogP contribution >= 0.6 is 7.82 Å². The summed E-state index contributed by atoms with van der Waals surface area (Å²) >= 11 is 0. The van der Waals surface area contributed by atoms with Crippen molar-refractivity contribution in [2.24, 2.45) is 0 Å². The maximum atomic E-state index is 13.0. The van der Waals surface area contributed by atoms with E-state index in [1.165, 1.54) is 148 Å². The van der Waals surface area contributed by atoms with Gasteiger partial charge in [0.1, 0.15) is 13.2 Å². The van der Waals surface area contributed by atoms with Gasteiger partial charge in [-0.15, -0.1) is 0 Å². The van der Waals surface area contributed by atoms with E-state index in [-0.39, 0.29) is 19.1 Å². The number of phosphoric acid groups is 1. The number of likely N-dealkylation sites (N-methyl/N-ethyl adjacent to an activating group) is 1. The first-order valence-electron chi connectivity index (χ1n) is 28.3. The summed E-state index contributed by atoms with van der Waals surface area (Å²) in [4.78, 5) is 23.3. The number of carbonyl (C=O) groups is 1. The monoisotopic (exact) mass is 974 g/mol. The van der Waals surface area contributed by atoms with Crippen molar-refractivity contribution in [3.05, 3.63) is 72.9 Å². The first-order chi connectivity index (χ1) is 33.0. The summed E-state index contributed by atoms with van der Waals surface area (Å²) in [6.45, 7) is 4.71. The van der Waals surface area contributed by atoms with Crippen LogP contribution in [0.25, 0.3) is 0 Å². The van der Waals surface area contributed by atoms with Crippen LogP contribution in [0.5, 0.6) is 0 Å². The highest BCUT2D eigenvalue weighted by atomic mass is 31.2. The molecule has 0 aliphatic rings. The van der Waals surface area contributed by atoms with Crippen molar-refractivity contribution in [1.82, 2.24) is 5.32 Å². The zero-order valence-electron chi connectivity index (χ0n) is 45.1. The molecule has 3 N–H and O–H groups in total. The normalized spacial score (nSPS) is 14.5. The summed E-state index contributed by atoms with van der Waals surface area (Å²) in [6.07, 6.45) is 68.5. The first kappa shape index (κ1) is 65.9. The van der Waals surface area contributed by atoms with Gasteiger partial charge in [-0.3, -0.25) is 13.8 Å². The van der Waals surface area contributed by atoms with E-state index < -0.39 is 20.0 Å². The number of aliphatic hydroxyl groups is 1. The van der Waals surface area contributed by atoms with Crippen LogP contribution in [-0.2, 0) is 18.4 Å². The molecule has 0 fully saturated rings. The smallest absolute Gasteiger partial charge is 0.387 e. The molecule has 0 saturated heterocycles. The van der Waals surface area contributed by atoms with Crippen LogP contribution in [0.1, 0.15) is 245 Å². The van der Waals surface area contributed by atoms with Crippen LogP contribution in [0.3, 0.4) is 0 Å². The minimum absolute atomic E-state index is 0.0575. The highest BCUT2D eigenvalue weighted by molar-refractivity contribution is 7.47. The topological polar surface area (TPSA) is 105 Å². The van der Waals surface area contributed by atoms with E-state index in [1.807, 2.05) is 27.2 Å². The second-order valence-corrected chi connectivity index (χ2v) is 21.7. The van der Waals surface area contributed by atoms with Gasteiger partial charge in [0.2, 0.25) is 5.91 Å². The summed E-state index contributed by atoms with van der Waals surface area (Å²) in [5, 5.41) is 13.9. The number of quaternary nitrogens is 1. The third-order valence-corrected chi connectivity index (χ3v) is 13.4. The van der Waals surface area contributed by atoms with E-state index in [4.69, 9.17) is 9.05 Å². The fraction of sp³-hybridized carbons (Fsp3) is 0.780. The van der Waals surface area contributed by atoms with Gasteiger partial charge in [-0.25, -0.2) is 4.57 Å². The fourth-order valence-electron chi connectivity index (χ4n) is 8.01. The fourth-order valence-corrected chi connectivity index (χ4v) is 8.75. The molecule has 3 unspecified atom stereocenters. The van der Waals surface area contributed by atoms with Crippen LogP contribution in [0, 0.1) is 0 Å². The Balaban J connectivity index is 4.26. The van der Waals surface area contributed by atoms with E-state index in [0.29, 0.717) is 17.4 Å². The number of unbranched alkanes of at least 4 members (excludes halogenated alkanes) is 28. The van der Waals surface area contributed by atoms with Crippen LogP contribution < -0.4 is 5.32 Å². The Morgan fingerprint density at radius 2 is 0.882 bits per heavy atom. The molecule has 0 aliphatic heterocycles. The Hall–Kier alpha value is -2.06. The van der Waals surface area contributed by atoms with Gasteiger partial charge in [-0.05, 0) is 64.2 Å². The van der Waals surface area contributed by atoms with Gasteiger partial charge in [0, 0.05) is 6.42 Å². The maximum Gasteiger partial charge on any atom is 0.472 e. The largest absolute Gasteiger partial charge is 0.472 e. The third-order valence-electron chi connectivity index (χ3n) is 12.4. The lowest BCUT2D eigenvalue weighted by Crippen LogP contribution is -2.45. The molecule has 0 saturated carbocycles. The quantitative estimate of drug-likeness (QED) is 0.0243. The second-order valence-electron chi connectivity index (χ2n) is 20.3. The molecule has 0 aromatic heterocycles. The average Bonchev–Trinajstić information content (AvgIpc) is 3.30. The summed E-state index contributed by atoms with van der Waals surface area (Å²) < 4.78 is 23.7. The van der Waals surface area contributed by atoms with Crippen molar-refractivity contribution in [3.63, 3.8) is 0 Å². The molecular weight excluding hydrogens is 864 g/mol. The van der Waals surface area contributed by atoms with Crippen molar-refractivity contribution in [1.29, 1.82) is 0 Å². The molecule has 0 radical (unpaired) electrons. The molecule has 0 rings (SSSR count). The van der Waals surface area contributed by atoms with Gasteiger partial charge in [0.25, 0.3) is 0 Å². The lowest BCUT2D eigenvalue weighted by molar-refractivity contribution is -0.870. The van der Waals surface area contributed by atoms with E-state index in [0.717, 1.165) is 77.0 Å². The molecule has 0 heterocycles. The summed E-state index contributed by atoms with van der Waals surface area (Å²) in [5.41, 5.74) is 0. The molecule has 0 bridgehead atoms. The standard InChI is InChI=1S/C59H109N2O6P/c1-6-8-10-12-14-16-18-20-22-24-26-28-29-30-31-33-35-37-39-41-43-45-47-49-51-53-59(63)60-57(56-67-68(64,65)66-55-54-61(3,4)5)58(62)52-50-48-46-44-42-40-38-36-34-32-27-25-23-21-19-17-15-13-11-9-7-2/h8,10,14,16,20,22,26,28,30-31,50,52,57-58,62H,6-7,9,11-13,15,17-19,21,23-25,27,29,32-49,51,53-56H2,1-5H3,(H-,60,63,64,65)/p+1/b10-8-,16-14-,22-20-,28-26-,31-30-,52-50+. The van der Waals surface area contributed by atoms with Crippen LogP contribution in [0.2, 0.25) is 0 Å². The number of rotatable bonds is 51. The highest BCUT2D eigenvalue weighted by Gasteiger charge is 2.27. The van der Waals surface area contributed by atoms with Crippen LogP contribution in [-0.4, -0.2) is 73.4 Å². The number of allylic oxidation sites excluding steroid dienone is 11. The molecule has 8 nitrogen and oxygen atoms in total. The van der Waals surface area contributed by atoms with Crippen LogP contribution in [0.4, 0.5) is 0 Å². The predicted molar refractivity (Wildman–Crippen MR) is 295 cm³/mol. The highest BCUT2D eigenvalue weighted by Crippen LogP contribution is 2.43. The van der Waals surface area contributed by atoms with Crippen molar-refractivity contribution in [3.8, 4) is 0 Å². The number of hydrogen-bond donors (Lipinski definition) is 3. The number of hydrogen-bond acceptors (Lipinski definition) is 5. The number of nitrogens with zero attached hydrogens (tertiary/aromatic N) is 1. The zero-order chi connectivity index (χ0) is 49.9. The molecule has 3 atom stereocenters. The SMILES string of the molecule is CC/C=C\C/C=C\C/C=C\C/C=C\C/C=C\CCCCCCCCCCCC(=O)NC(COP(=O)(O)OCC[N+](C)(C)C)C(O)/C=C/CCCCCCCCCCCCCCCCCCCCC. The predicted octanol–water partition coefficient (Wildman–Crippen LogP) is 17.1. The Morgan fingerprint density at radius 3 is 1.29 bits per heavy atom. The van der Waals surface area contributed by atoms with Gasteiger partial charge < -0.3 is 19.8 Å². The molecular formula is C59H110N2O6P+. The average molecular weight is 975 g/mol. The van der Waals surface area contributed by atoms with Gasteiger partial charge in [0.05, 0.1) is 39.9 Å². The summed E-state index contributed by atoms with van der Waals surface area (Å²) in [6, 6.07) is -0.854. The molecule has 0 aromatic carbocycles. The van der Waals surface area contributed by atoms with Crippen molar-refractivity contribution in [2.45, 2.75) is 257 Å². The molecule has 1 amide bonds. The molecule has 68 heavy (non-hydrogen) atoms. The molecule has 396 valence electrons. The van der Waals surface area contributed by atoms with E-state index in [2.05, 4.69) is 79.9 Å². The van der Waals surface area contributed by atoms with Crippen molar-refractivity contribution in [2.75, 3.05) is 40.9 Å². The van der Waals surface area contributed by atoms with Gasteiger partial charge in [-0.1, -0.05) is 247 Å². The second kappa shape index (κ2) is 49.9. The Labute approximate surface area is 421 Å². The van der Waals surface area contributed by atoms with E-state index >= 15 is 0 Å². The van der Waals surface area contributed by atoms with Crippen molar-refractivity contribution >= 4 is 13.7 Å². The van der Waals surface area contributed by atoms with Gasteiger partial charge >= 0.3 is 7.82 Å². The Bertz CT molecular complexity index is 1330. The lowest BCUT2D eigenvalue weighted by Gasteiger charge is -2.25. The minimum Gasteiger partial charge on any atom is -0.387 e. The minimum atomic E-state index is -4.35. The molecule has 0 spiro atoms. The van der Waals surface area contributed by atoms with Crippen LogP contribution in [0.15, 0.2) is 72.9 Å². The summed E-state index contributed by atoms with van der Waals surface area (Å²) in [7, 11) is 1.56. The lowest BCUT2D eigenvalue weighted by atomic mass is 10.0. The maximum absolute atomic E-state index is 13.0. The van der Waals surface area contributed by atoms with Gasteiger partial charge in [0.15, 0.2) is 0 Å². The third kappa shape index (κ3) is 51.8. The number of phosphoric ester groups is 1. The van der Waals surface area contributed by atoms with E-state index in [9.17, 15) is 19.4 Å². The first-order valence-corrected chi connectivity index (χ1v) is 29.8.